The number of hydrogen-bond acceptors (Lipinski definition) is 0. The van der Waals surface area contributed by atoms with E-state index >= 15 is 0 Å². The van der Waals surface area contributed by atoms with Gasteiger partial charge in [-0.2, -0.15) is 0 Å². The first-order chi connectivity index (χ1) is 10.1. The molecule has 0 fully saturated rings. The average Bonchev–Trinajstić information content (AvgIpc) is 2.41. The standard InChI is InChI=1S/C20H28N2/c1-21(2,3)19-9-7-15-11-16-8-10-20(22(4,5)6)14-18(16)12-17(15)13-19/h7-10,13-14H,11-12H2,1-6H3/q+2. The van der Waals surface area contributed by atoms with E-state index in [1.165, 1.54) is 33.6 Å². The first-order valence-electron chi connectivity index (χ1n) is 8.02. The SMILES string of the molecule is C[N+](C)(C)c1ccc2c(c1)Cc1cc([N+](C)(C)C)ccc1C2. The maximum absolute atomic E-state index is 2.40. The van der Waals surface area contributed by atoms with Crippen LogP contribution in [0.2, 0.25) is 0 Å². The molecule has 0 spiro atoms. The van der Waals surface area contributed by atoms with Crippen molar-refractivity contribution in [1.29, 1.82) is 0 Å². The third kappa shape index (κ3) is 2.81. The van der Waals surface area contributed by atoms with Gasteiger partial charge in [-0.25, -0.2) is 0 Å². The van der Waals surface area contributed by atoms with Gasteiger partial charge in [-0.3, -0.25) is 8.97 Å². The molecule has 0 bridgehead atoms. The molecular formula is C20H28N2+2. The maximum Gasteiger partial charge on any atom is 0.132 e. The van der Waals surface area contributed by atoms with E-state index in [0.717, 1.165) is 21.8 Å². The van der Waals surface area contributed by atoms with Crippen molar-refractivity contribution in [2.75, 3.05) is 42.3 Å². The number of rotatable bonds is 2. The van der Waals surface area contributed by atoms with Gasteiger partial charge >= 0.3 is 0 Å². The minimum absolute atomic E-state index is 0.874. The third-order valence-electron chi connectivity index (χ3n) is 4.69. The van der Waals surface area contributed by atoms with Crippen molar-refractivity contribution in [1.82, 2.24) is 8.97 Å². The zero-order valence-corrected chi connectivity index (χ0v) is 14.8. The van der Waals surface area contributed by atoms with Crippen molar-refractivity contribution >= 4 is 11.4 Å². The molecule has 0 radical (unpaired) electrons. The minimum Gasteiger partial charge on any atom is -0.298 e. The van der Waals surface area contributed by atoms with E-state index < -0.39 is 0 Å². The molecule has 2 heteroatoms. The highest BCUT2D eigenvalue weighted by atomic mass is 15.3. The van der Waals surface area contributed by atoms with Crippen LogP contribution >= 0.6 is 0 Å². The van der Waals surface area contributed by atoms with Crippen LogP contribution in [0.1, 0.15) is 22.3 Å². The van der Waals surface area contributed by atoms with Crippen LogP contribution in [0.15, 0.2) is 36.4 Å². The first-order valence-corrected chi connectivity index (χ1v) is 8.02. The molecule has 2 aromatic carbocycles. The van der Waals surface area contributed by atoms with Crippen molar-refractivity contribution in [3.8, 4) is 0 Å². The van der Waals surface area contributed by atoms with E-state index in [-0.39, 0.29) is 0 Å². The molecule has 1 aliphatic rings. The lowest BCUT2D eigenvalue weighted by Gasteiger charge is -2.28. The number of benzene rings is 2. The Kier molecular flexibility index (Phi) is 3.42. The van der Waals surface area contributed by atoms with Gasteiger partial charge in [0.1, 0.15) is 11.4 Å². The Bertz CT molecular complexity index is 654. The Morgan fingerprint density at radius 2 is 0.909 bits per heavy atom. The minimum atomic E-state index is 0.874. The largest absolute Gasteiger partial charge is 0.298 e. The molecule has 0 unspecified atom stereocenters. The first kappa shape index (κ1) is 15.3. The van der Waals surface area contributed by atoms with Gasteiger partial charge in [0.2, 0.25) is 0 Å². The predicted molar refractivity (Wildman–Crippen MR) is 97.6 cm³/mol. The molecule has 2 aromatic rings. The summed E-state index contributed by atoms with van der Waals surface area (Å²) in [6.07, 6.45) is 2.13. The molecule has 3 rings (SSSR count). The van der Waals surface area contributed by atoms with Crippen LogP contribution in [0.4, 0.5) is 11.4 Å². The molecule has 22 heavy (non-hydrogen) atoms. The van der Waals surface area contributed by atoms with E-state index in [1.807, 2.05) is 0 Å². The summed E-state index contributed by atoms with van der Waals surface area (Å²) in [5.41, 5.74) is 8.73. The van der Waals surface area contributed by atoms with Crippen molar-refractivity contribution in [3.05, 3.63) is 58.7 Å². The monoisotopic (exact) mass is 296 g/mol. The van der Waals surface area contributed by atoms with Gasteiger partial charge in [0.05, 0.1) is 42.3 Å². The van der Waals surface area contributed by atoms with Crippen LogP contribution in [0.3, 0.4) is 0 Å². The number of quaternary nitrogens is 2. The van der Waals surface area contributed by atoms with E-state index in [9.17, 15) is 0 Å². The van der Waals surface area contributed by atoms with Crippen LogP contribution < -0.4 is 8.97 Å². The summed E-state index contributed by atoms with van der Waals surface area (Å²) < 4.78 is 1.75. The van der Waals surface area contributed by atoms with E-state index in [0.29, 0.717) is 0 Å². The van der Waals surface area contributed by atoms with Crippen molar-refractivity contribution in [2.45, 2.75) is 12.8 Å². The Morgan fingerprint density at radius 1 is 0.545 bits per heavy atom. The second-order valence-corrected chi connectivity index (χ2v) is 8.28. The van der Waals surface area contributed by atoms with Gasteiger partial charge in [0, 0.05) is 12.1 Å². The fraction of sp³-hybridized carbons (Fsp3) is 0.400. The lowest BCUT2D eigenvalue weighted by atomic mass is 9.85. The summed E-state index contributed by atoms with van der Waals surface area (Å²) in [4.78, 5) is 0. The second kappa shape index (κ2) is 4.94. The fourth-order valence-corrected chi connectivity index (χ4v) is 3.14. The zero-order chi connectivity index (χ0) is 16.1. The number of nitrogens with zero attached hydrogens (tertiary/aromatic N) is 2. The smallest absolute Gasteiger partial charge is 0.132 e. The van der Waals surface area contributed by atoms with E-state index in [4.69, 9.17) is 0 Å². The molecule has 0 aromatic heterocycles. The van der Waals surface area contributed by atoms with Crippen LogP contribution in [0, 0.1) is 0 Å². The van der Waals surface area contributed by atoms with Crippen molar-refractivity contribution in [3.63, 3.8) is 0 Å². The van der Waals surface area contributed by atoms with E-state index in [1.54, 1.807) is 0 Å². The molecule has 116 valence electrons. The van der Waals surface area contributed by atoms with Gasteiger partial charge in [0.15, 0.2) is 0 Å². The predicted octanol–water partition coefficient (Wildman–Crippen LogP) is 3.58. The van der Waals surface area contributed by atoms with Crippen LogP contribution in [0.5, 0.6) is 0 Å². The lowest BCUT2D eigenvalue weighted by molar-refractivity contribution is 0.485. The van der Waals surface area contributed by atoms with Crippen LogP contribution in [0.25, 0.3) is 0 Å². The Balaban J connectivity index is 2.00. The number of fused-ring (bicyclic) bond motifs is 2. The molecule has 0 aliphatic heterocycles. The summed E-state index contributed by atoms with van der Waals surface area (Å²) in [6, 6.07) is 14.0. The molecule has 1 aliphatic carbocycles. The highest BCUT2D eigenvalue weighted by Crippen LogP contribution is 2.33. The quantitative estimate of drug-likeness (QED) is 0.634. The van der Waals surface area contributed by atoms with Gasteiger partial charge in [-0.15, -0.1) is 0 Å². The zero-order valence-electron chi connectivity index (χ0n) is 14.8. The van der Waals surface area contributed by atoms with E-state index in [2.05, 4.69) is 78.7 Å². The molecule has 0 saturated heterocycles. The molecule has 0 heterocycles. The van der Waals surface area contributed by atoms with Crippen molar-refractivity contribution in [2.24, 2.45) is 0 Å². The van der Waals surface area contributed by atoms with Gasteiger partial charge in [0.25, 0.3) is 0 Å². The second-order valence-electron chi connectivity index (χ2n) is 8.28. The molecule has 2 nitrogen and oxygen atoms in total. The summed E-state index contributed by atoms with van der Waals surface area (Å²) in [7, 11) is 13.4. The highest BCUT2D eigenvalue weighted by Gasteiger charge is 2.22. The average molecular weight is 296 g/mol. The molecule has 0 amide bonds. The lowest BCUT2D eigenvalue weighted by Crippen LogP contribution is -2.35. The summed E-state index contributed by atoms with van der Waals surface area (Å²) in [5, 5.41) is 0. The topological polar surface area (TPSA) is 0 Å². The molecule has 0 N–H and O–H groups in total. The van der Waals surface area contributed by atoms with Crippen molar-refractivity contribution < 1.29 is 0 Å². The Hall–Kier alpha value is -1.64. The summed E-state index contributed by atoms with van der Waals surface area (Å²) in [5.74, 6) is 0. The Labute approximate surface area is 134 Å². The van der Waals surface area contributed by atoms with Gasteiger partial charge < -0.3 is 0 Å². The summed E-state index contributed by atoms with van der Waals surface area (Å²) >= 11 is 0. The fourth-order valence-electron chi connectivity index (χ4n) is 3.14. The van der Waals surface area contributed by atoms with Gasteiger partial charge in [-0.05, 0) is 47.2 Å². The summed E-state index contributed by atoms with van der Waals surface area (Å²) in [6.45, 7) is 0. The molecular weight excluding hydrogens is 268 g/mol. The normalized spacial score (nSPS) is 14.5. The van der Waals surface area contributed by atoms with Crippen LogP contribution in [-0.4, -0.2) is 42.3 Å². The van der Waals surface area contributed by atoms with Gasteiger partial charge in [-0.1, -0.05) is 12.1 Å². The highest BCUT2D eigenvalue weighted by molar-refractivity contribution is 5.56. The number of hydrogen-bond donors (Lipinski definition) is 0. The maximum atomic E-state index is 2.40. The Morgan fingerprint density at radius 3 is 1.27 bits per heavy atom. The molecule has 0 saturated carbocycles. The third-order valence-corrected chi connectivity index (χ3v) is 4.69. The van der Waals surface area contributed by atoms with Crippen LogP contribution in [-0.2, 0) is 12.8 Å². The molecule has 0 atom stereocenters.